The maximum atomic E-state index is 12.2. The molecule has 0 aliphatic carbocycles. The number of aromatic nitrogens is 2. The van der Waals surface area contributed by atoms with Crippen LogP contribution in [0.25, 0.3) is 0 Å². The molecule has 1 aliphatic heterocycles. The number of imidazole rings is 1. The molecular weight excluding hydrogens is 406 g/mol. The molecule has 6 nitrogen and oxygen atoms in total. The van der Waals surface area contributed by atoms with E-state index in [0.29, 0.717) is 6.42 Å². The summed E-state index contributed by atoms with van der Waals surface area (Å²) >= 11 is 3.41. The minimum Gasteiger partial charge on any atom is -0.337 e. The predicted molar refractivity (Wildman–Crippen MR) is 105 cm³/mol. The fourth-order valence-electron chi connectivity index (χ4n) is 3.00. The van der Waals surface area contributed by atoms with Gasteiger partial charge >= 0.3 is 0 Å². The van der Waals surface area contributed by atoms with Gasteiger partial charge in [-0.1, -0.05) is 22.0 Å². The average molecular weight is 429 g/mol. The van der Waals surface area contributed by atoms with E-state index in [1.807, 2.05) is 48.3 Å². The second kappa shape index (κ2) is 9.33. The molecule has 136 valence electrons. The number of amides is 1. The van der Waals surface area contributed by atoms with Gasteiger partial charge in [-0.3, -0.25) is 9.69 Å². The van der Waals surface area contributed by atoms with Gasteiger partial charge < -0.3 is 15.2 Å². The van der Waals surface area contributed by atoms with Gasteiger partial charge in [0.2, 0.25) is 5.91 Å². The Kier molecular flexibility index (Phi) is 7.43. The lowest BCUT2D eigenvalue weighted by atomic mass is 10.1. The van der Waals surface area contributed by atoms with Gasteiger partial charge in [0.05, 0.1) is 6.04 Å². The lowest BCUT2D eigenvalue weighted by Crippen LogP contribution is -2.47. The molecule has 1 aromatic heterocycles. The Morgan fingerprint density at radius 2 is 2.32 bits per heavy atom. The third-order valence-electron chi connectivity index (χ3n) is 4.25. The van der Waals surface area contributed by atoms with Gasteiger partial charge in [0.15, 0.2) is 0 Å². The Bertz CT molecular complexity index is 708. The van der Waals surface area contributed by atoms with Gasteiger partial charge in [0.1, 0.15) is 5.82 Å². The monoisotopic (exact) mass is 427 g/mol. The maximum Gasteiger partial charge on any atom is 0.225 e. The Labute approximate surface area is 162 Å². The van der Waals surface area contributed by atoms with E-state index in [-0.39, 0.29) is 24.4 Å². The molecular formula is C17H23BrClN5O. The first-order valence-corrected chi connectivity index (χ1v) is 8.90. The van der Waals surface area contributed by atoms with E-state index in [9.17, 15) is 4.79 Å². The molecule has 0 saturated carbocycles. The molecule has 0 bridgehead atoms. The lowest BCUT2D eigenvalue weighted by Gasteiger charge is -2.35. The van der Waals surface area contributed by atoms with Crippen LogP contribution in [0.1, 0.15) is 18.3 Å². The first kappa shape index (κ1) is 19.9. The van der Waals surface area contributed by atoms with Crippen molar-refractivity contribution in [2.24, 2.45) is 7.05 Å². The summed E-state index contributed by atoms with van der Waals surface area (Å²) < 4.78 is 3.00. The molecule has 1 fully saturated rings. The standard InChI is InChI=1S/C17H22BrN5O.ClH/c1-22-9-7-20-17(22)15-12-19-6-10-23(15)8-5-16(24)21-14-4-2-3-13(18)11-14;/h2-4,7,9,11,15,19H,5-6,8,10,12H2,1H3,(H,21,24);1H. The summed E-state index contributed by atoms with van der Waals surface area (Å²) in [6, 6.07) is 7.85. The van der Waals surface area contributed by atoms with Gasteiger partial charge in [-0.15, -0.1) is 12.4 Å². The number of piperazine rings is 1. The van der Waals surface area contributed by atoms with Gasteiger partial charge in [0.25, 0.3) is 0 Å². The van der Waals surface area contributed by atoms with E-state index < -0.39 is 0 Å². The van der Waals surface area contributed by atoms with Crippen molar-refractivity contribution in [3.8, 4) is 0 Å². The number of rotatable bonds is 5. The topological polar surface area (TPSA) is 62.2 Å². The van der Waals surface area contributed by atoms with Crippen LogP contribution in [0.15, 0.2) is 41.1 Å². The average Bonchev–Trinajstić information content (AvgIpc) is 2.99. The highest BCUT2D eigenvalue weighted by Crippen LogP contribution is 2.21. The number of anilines is 1. The second-order valence-electron chi connectivity index (χ2n) is 5.96. The summed E-state index contributed by atoms with van der Waals surface area (Å²) in [5.41, 5.74) is 0.815. The van der Waals surface area contributed by atoms with Crippen LogP contribution >= 0.6 is 28.3 Å². The Hall–Kier alpha value is -1.41. The number of nitrogens with one attached hydrogen (secondary N) is 2. The van der Waals surface area contributed by atoms with Crippen LogP contribution in [0, 0.1) is 0 Å². The van der Waals surface area contributed by atoms with Gasteiger partial charge in [0, 0.05) is 62.2 Å². The van der Waals surface area contributed by atoms with E-state index in [1.54, 1.807) is 0 Å². The van der Waals surface area contributed by atoms with Crippen LogP contribution in [0.2, 0.25) is 0 Å². The zero-order valence-corrected chi connectivity index (χ0v) is 16.5. The highest BCUT2D eigenvalue weighted by molar-refractivity contribution is 9.10. The molecule has 1 atom stereocenters. The molecule has 1 aromatic carbocycles. The smallest absolute Gasteiger partial charge is 0.225 e. The number of hydrogen-bond donors (Lipinski definition) is 2. The van der Waals surface area contributed by atoms with Crippen LogP contribution in [0.3, 0.4) is 0 Å². The van der Waals surface area contributed by atoms with E-state index in [4.69, 9.17) is 0 Å². The van der Waals surface area contributed by atoms with Crippen molar-refractivity contribution >= 4 is 39.9 Å². The number of carbonyl (C=O) groups is 1. The number of hydrogen-bond acceptors (Lipinski definition) is 4. The van der Waals surface area contributed by atoms with Crippen LogP contribution < -0.4 is 10.6 Å². The van der Waals surface area contributed by atoms with Crippen LogP contribution in [0.5, 0.6) is 0 Å². The van der Waals surface area contributed by atoms with Crippen molar-refractivity contribution in [1.82, 2.24) is 19.8 Å². The first-order valence-electron chi connectivity index (χ1n) is 8.11. The van der Waals surface area contributed by atoms with E-state index in [1.165, 1.54) is 0 Å². The summed E-state index contributed by atoms with van der Waals surface area (Å²) in [6.45, 7) is 3.44. The van der Waals surface area contributed by atoms with Crippen LogP contribution in [0.4, 0.5) is 5.69 Å². The van der Waals surface area contributed by atoms with Gasteiger partial charge in [-0.05, 0) is 18.2 Å². The molecule has 3 rings (SSSR count). The molecule has 25 heavy (non-hydrogen) atoms. The molecule has 1 amide bonds. The summed E-state index contributed by atoms with van der Waals surface area (Å²) in [4.78, 5) is 19.0. The number of benzene rings is 1. The summed E-state index contributed by atoms with van der Waals surface area (Å²) in [5.74, 6) is 1.07. The normalized spacial score (nSPS) is 17.8. The van der Waals surface area contributed by atoms with Crippen molar-refractivity contribution in [3.05, 3.63) is 47.0 Å². The van der Waals surface area contributed by atoms with E-state index in [0.717, 1.165) is 42.2 Å². The number of nitrogens with zero attached hydrogens (tertiary/aromatic N) is 3. The Morgan fingerprint density at radius 3 is 3.04 bits per heavy atom. The molecule has 2 aromatic rings. The summed E-state index contributed by atoms with van der Waals surface area (Å²) in [6.07, 6.45) is 4.25. The Morgan fingerprint density at radius 1 is 1.48 bits per heavy atom. The molecule has 0 radical (unpaired) electrons. The lowest BCUT2D eigenvalue weighted by molar-refractivity contribution is -0.116. The highest BCUT2D eigenvalue weighted by Gasteiger charge is 2.26. The largest absolute Gasteiger partial charge is 0.337 e. The fraction of sp³-hybridized carbons (Fsp3) is 0.412. The molecule has 8 heteroatoms. The number of carbonyl (C=O) groups excluding carboxylic acids is 1. The van der Waals surface area contributed by atoms with E-state index >= 15 is 0 Å². The van der Waals surface area contributed by atoms with Crippen molar-refractivity contribution in [3.63, 3.8) is 0 Å². The molecule has 1 unspecified atom stereocenters. The van der Waals surface area contributed by atoms with Crippen molar-refractivity contribution in [2.45, 2.75) is 12.5 Å². The first-order chi connectivity index (χ1) is 11.6. The maximum absolute atomic E-state index is 12.2. The fourth-order valence-corrected chi connectivity index (χ4v) is 3.40. The SMILES string of the molecule is Cl.Cn1ccnc1C1CNCCN1CCC(=O)Nc1cccc(Br)c1. The van der Waals surface area contributed by atoms with Gasteiger partial charge in [-0.2, -0.15) is 0 Å². The summed E-state index contributed by atoms with van der Waals surface area (Å²) in [7, 11) is 2.01. The zero-order valence-electron chi connectivity index (χ0n) is 14.1. The highest BCUT2D eigenvalue weighted by atomic mass is 79.9. The molecule has 2 N–H and O–H groups in total. The summed E-state index contributed by atoms with van der Waals surface area (Å²) in [5, 5.41) is 6.36. The molecule has 0 spiro atoms. The third kappa shape index (κ3) is 5.28. The van der Waals surface area contributed by atoms with Crippen molar-refractivity contribution < 1.29 is 4.79 Å². The number of aryl methyl sites for hydroxylation is 1. The Balaban J connectivity index is 0.00000225. The minimum absolute atomic E-state index is 0. The van der Waals surface area contributed by atoms with Crippen molar-refractivity contribution in [2.75, 3.05) is 31.5 Å². The van der Waals surface area contributed by atoms with Gasteiger partial charge in [-0.25, -0.2) is 4.98 Å². The van der Waals surface area contributed by atoms with Crippen LogP contribution in [-0.4, -0.2) is 46.5 Å². The predicted octanol–water partition coefficient (Wildman–Crippen LogP) is 2.58. The van der Waals surface area contributed by atoms with Crippen LogP contribution in [-0.2, 0) is 11.8 Å². The molecule has 2 heterocycles. The van der Waals surface area contributed by atoms with Crippen molar-refractivity contribution in [1.29, 1.82) is 0 Å². The number of halogens is 2. The molecule has 1 aliphatic rings. The zero-order chi connectivity index (χ0) is 16.9. The minimum atomic E-state index is 0. The quantitative estimate of drug-likeness (QED) is 0.768. The second-order valence-corrected chi connectivity index (χ2v) is 6.88. The van der Waals surface area contributed by atoms with E-state index in [2.05, 4.69) is 36.4 Å². The third-order valence-corrected chi connectivity index (χ3v) is 4.74. The molecule has 1 saturated heterocycles.